The molecule has 3 nitrogen and oxygen atoms in total. The summed E-state index contributed by atoms with van der Waals surface area (Å²) in [6.45, 7) is 6.33. The lowest BCUT2D eigenvalue weighted by molar-refractivity contribution is 0.197. The van der Waals surface area contributed by atoms with Gasteiger partial charge in [-0.05, 0) is 43.5 Å². The second kappa shape index (κ2) is 6.71. The molecule has 2 aromatic rings. The molecule has 0 saturated heterocycles. The molecule has 0 amide bonds. The van der Waals surface area contributed by atoms with E-state index in [0.29, 0.717) is 11.0 Å². The maximum Gasteiger partial charge on any atom is 0.124 e. The molecule has 1 heterocycles. The van der Waals surface area contributed by atoms with Crippen LogP contribution in [0.1, 0.15) is 49.4 Å². The van der Waals surface area contributed by atoms with Gasteiger partial charge in [-0.1, -0.05) is 29.8 Å². The third-order valence-electron chi connectivity index (χ3n) is 3.52. The van der Waals surface area contributed by atoms with Gasteiger partial charge in [0, 0.05) is 15.7 Å². The van der Waals surface area contributed by atoms with E-state index < -0.39 is 6.10 Å². The second-order valence-electron chi connectivity index (χ2n) is 5.13. The van der Waals surface area contributed by atoms with Crippen LogP contribution in [0.5, 0.6) is 0 Å². The Kier molecular flexibility index (Phi) is 5.17. The monoisotopic (exact) mass is 354 g/mol. The van der Waals surface area contributed by atoms with E-state index in [1.807, 2.05) is 24.6 Å². The Hall–Kier alpha value is -1.20. The van der Waals surface area contributed by atoms with E-state index in [2.05, 4.69) is 21.0 Å². The van der Waals surface area contributed by atoms with E-state index in [4.69, 9.17) is 0 Å². The fourth-order valence-electron chi connectivity index (χ4n) is 2.69. The highest BCUT2D eigenvalue weighted by Crippen LogP contribution is 2.25. The number of rotatable bonds is 5. The molecule has 1 N–H and O–H groups in total. The van der Waals surface area contributed by atoms with Crippen molar-refractivity contribution in [3.8, 4) is 0 Å². The van der Waals surface area contributed by atoms with E-state index in [-0.39, 0.29) is 5.82 Å². The molecule has 1 unspecified atom stereocenters. The van der Waals surface area contributed by atoms with Crippen LogP contribution in [0.2, 0.25) is 0 Å². The van der Waals surface area contributed by atoms with E-state index >= 15 is 0 Å². The van der Waals surface area contributed by atoms with Crippen molar-refractivity contribution < 1.29 is 9.50 Å². The molecular formula is C16H20BrFN2O. The third-order valence-corrected chi connectivity index (χ3v) is 3.97. The summed E-state index contributed by atoms with van der Waals surface area (Å²) in [7, 11) is 0. The number of aryl methyl sites for hydroxylation is 1. The Labute approximate surface area is 132 Å². The van der Waals surface area contributed by atoms with E-state index in [1.165, 1.54) is 12.1 Å². The average Bonchev–Trinajstić information content (AvgIpc) is 2.75. The number of aliphatic hydroxyl groups excluding tert-OH is 1. The van der Waals surface area contributed by atoms with Gasteiger partial charge in [0.1, 0.15) is 5.82 Å². The van der Waals surface area contributed by atoms with Gasteiger partial charge in [0.05, 0.1) is 18.3 Å². The molecule has 0 aliphatic heterocycles. The van der Waals surface area contributed by atoms with Crippen LogP contribution < -0.4 is 0 Å². The first-order chi connectivity index (χ1) is 9.96. The number of nitrogens with zero attached hydrogens (tertiary/aromatic N) is 2. The van der Waals surface area contributed by atoms with Gasteiger partial charge in [0.25, 0.3) is 0 Å². The van der Waals surface area contributed by atoms with Gasteiger partial charge in [-0.3, -0.25) is 4.68 Å². The highest BCUT2D eigenvalue weighted by Gasteiger charge is 2.19. The van der Waals surface area contributed by atoms with Gasteiger partial charge in [0.2, 0.25) is 0 Å². The summed E-state index contributed by atoms with van der Waals surface area (Å²) in [6.07, 6.45) is 1.01. The summed E-state index contributed by atoms with van der Waals surface area (Å²) in [5.41, 5.74) is 3.69. The Morgan fingerprint density at radius 3 is 2.52 bits per heavy atom. The molecule has 21 heavy (non-hydrogen) atoms. The number of aromatic nitrogens is 2. The summed E-state index contributed by atoms with van der Waals surface area (Å²) >= 11 is 3.31. The molecule has 0 fully saturated rings. The molecule has 0 radical (unpaired) electrons. The minimum atomic E-state index is -0.539. The molecule has 0 bridgehead atoms. The molecule has 1 aromatic heterocycles. The normalized spacial score (nSPS) is 12.7. The zero-order valence-corrected chi connectivity index (χ0v) is 14.1. The Bertz CT molecular complexity index is 617. The molecule has 1 atom stereocenters. The van der Waals surface area contributed by atoms with Crippen molar-refractivity contribution >= 4 is 15.9 Å². The number of benzene rings is 1. The van der Waals surface area contributed by atoms with Crippen molar-refractivity contribution in [1.29, 1.82) is 0 Å². The van der Waals surface area contributed by atoms with Gasteiger partial charge in [0.15, 0.2) is 0 Å². The predicted octanol–water partition coefficient (Wildman–Crippen LogP) is 4.01. The van der Waals surface area contributed by atoms with E-state index in [0.717, 1.165) is 35.4 Å². The first-order valence-corrected chi connectivity index (χ1v) is 7.97. The van der Waals surface area contributed by atoms with Crippen molar-refractivity contribution in [3.05, 3.63) is 51.0 Å². The summed E-state index contributed by atoms with van der Waals surface area (Å²) in [6, 6.07) is 4.84. The first-order valence-electron chi connectivity index (χ1n) is 7.17. The zero-order valence-electron chi connectivity index (χ0n) is 12.5. The SMILES string of the molecule is CCc1nn(Cc2cc(F)cc(Br)c2)c(CC)c1C(C)O. The van der Waals surface area contributed by atoms with Crippen LogP contribution in [0.3, 0.4) is 0 Å². The zero-order chi connectivity index (χ0) is 15.6. The lowest BCUT2D eigenvalue weighted by atomic mass is 10.0. The quantitative estimate of drug-likeness (QED) is 0.880. The number of hydrogen-bond acceptors (Lipinski definition) is 2. The van der Waals surface area contributed by atoms with Gasteiger partial charge in [-0.15, -0.1) is 0 Å². The molecule has 0 spiro atoms. The van der Waals surface area contributed by atoms with Crippen LogP contribution in [0.4, 0.5) is 4.39 Å². The summed E-state index contributed by atoms with van der Waals surface area (Å²) in [5, 5.41) is 14.6. The van der Waals surface area contributed by atoms with Gasteiger partial charge >= 0.3 is 0 Å². The van der Waals surface area contributed by atoms with E-state index in [1.54, 1.807) is 6.92 Å². The molecular weight excluding hydrogens is 335 g/mol. The molecule has 0 aliphatic carbocycles. The van der Waals surface area contributed by atoms with Crippen molar-refractivity contribution in [2.45, 2.75) is 46.3 Å². The first kappa shape index (κ1) is 16.2. The summed E-state index contributed by atoms with van der Waals surface area (Å²) in [5.74, 6) is -0.268. The number of aliphatic hydroxyl groups is 1. The van der Waals surface area contributed by atoms with Crippen molar-refractivity contribution in [1.82, 2.24) is 9.78 Å². The molecule has 0 saturated carbocycles. The van der Waals surface area contributed by atoms with Gasteiger partial charge in [-0.2, -0.15) is 5.10 Å². The summed E-state index contributed by atoms with van der Waals surface area (Å²) in [4.78, 5) is 0. The fourth-order valence-corrected chi connectivity index (χ4v) is 3.20. The van der Waals surface area contributed by atoms with Crippen LogP contribution in [0, 0.1) is 5.82 Å². The van der Waals surface area contributed by atoms with Gasteiger partial charge < -0.3 is 5.11 Å². The van der Waals surface area contributed by atoms with Crippen LogP contribution >= 0.6 is 15.9 Å². The summed E-state index contributed by atoms with van der Waals surface area (Å²) < 4.78 is 16.1. The predicted molar refractivity (Wildman–Crippen MR) is 84.8 cm³/mol. The van der Waals surface area contributed by atoms with Crippen molar-refractivity contribution in [3.63, 3.8) is 0 Å². The molecule has 5 heteroatoms. The average molecular weight is 355 g/mol. The van der Waals surface area contributed by atoms with Crippen molar-refractivity contribution in [2.75, 3.05) is 0 Å². The fraction of sp³-hybridized carbons (Fsp3) is 0.438. The van der Waals surface area contributed by atoms with Crippen LogP contribution in [-0.4, -0.2) is 14.9 Å². The largest absolute Gasteiger partial charge is 0.389 e. The van der Waals surface area contributed by atoms with Crippen LogP contribution in [0.15, 0.2) is 22.7 Å². The molecule has 2 rings (SSSR count). The minimum absolute atomic E-state index is 0.268. The molecule has 0 aliphatic rings. The van der Waals surface area contributed by atoms with E-state index in [9.17, 15) is 9.50 Å². The molecule has 1 aromatic carbocycles. The minimum Gasteiger partial charge on any atom is -0.389 e. The Morgan fingerprint density at radius 1 is 1.29 bits per heavy atom. The Balaban J connectivity index is 2.44. The Morgan fingerprint density at radius 2 is 2.00 bits per heavy atom. The standard InChI is InChI=1S/C16H20BrFN2O/c1-4-14-16(10(3)21)15(5-2)20(19-14)9-11-6-12(17)8-13(18)7-11/h6-8,10,21H,4-5,9H2,1-3H3. The smallest absolute Gasteiger partial charge is 0.124 e. The third kappa shape index (κ3) is 3.52. The van der Waals surface area contributed by atoms with Gasteiger partial charge in [-0.25, -0.2) is 4.39 Å². The highest BCUT2D eigenvalue weighted by atomic mass is 79.9. The topological polar surface area (TPSA) is 38.0 Å². The van der Waals surface area contributed by atoms with Crippen molar-refractivity contribution in [2.24, 2.45) is 0 Å². The number of halogens is 2. The maximum atomic E-state index is 13.5. The lowest BCUT2D eigenvalue weighted by Crippen LogP contribution is -2.07. The van der Waals surface area contributed by atoms with Crippen LogP contribution in [0.25, 0.3) is 0 Å². The lowest BCUT2D eigenvalue weighted by Gasteiger charge is -2.10. The molecule has 114 valence electrons. The maximum absolute atomic E-state index is 13.5. The number of hydrogen-bond donors (Lipinski definition) is 1. The highest BCUT2D eigenvalue weighted by molar-refractivity contribution is 9.10. The van der Waals surface area contributed by atoms with Crippen LogP contribution in [-0.2, 0) is 19.4 Å². The second-order valence-corrected chi connectivity index (χ2v) is 6.04.